The molecule has 190 valence electrons. The normalized spacial score (nSPS) is 10.9. The first kappa shape index (κ1) is 26.8. The van der Waals surface area contributed by atoms with Crippen LogP contribution < -0.4 is 14.8 Å². The molecular weight excluding hydrogens is 519 g/mol. The van der Waals surface area contributed by atoms with Crippen LogP contribution in [0.1, 0.15) is 22.3 Å². The number of hydrogen-bond donors (Lipinski definition) is 1. The monoisotopic (exact) mass is 542 g/mol. The predicted molar refractivity (Wildman–Crippen MR) is 151 cm³/mol. The van der Waals surface area contributed by atoms with Crippen LogP contribution in [0.4, 0.5) is 5.69 Å². The highest BCUT2D eigenvalue weighted by atomic mass is 35.5. The molecule has 0 radical (unpaired) electrons. The first-order valence-corrected chi connectivity index (χ1v) is 12.5. The highest BCUT2D eigenvalue weighted by molar-refractivity contribution is 6.42. The van der Waals surface area contributed by atoms with Crippen LogP contribution in [0, 0.1) is 18.3 Å². The van der Waals surface area contributed by atoms with Crippen LogP contribution in [-0.4, -0.2) is 5.91 Å². The molecule has 0 spiro atoms. The molecule has 0 aliphatic rings. The van der Waals surface area contributed by atoms with Crippen molar-refractivity contribution in [3.8, 4) is 17.6 Å². The van der Waals surface area contributed by atoms with Crippen LogP contribution >= 0.6 is 23.2 Å². The van der Waals surface area contributed by atoms with Gasteiger partial charge in [0, 0.05) is 5.69 Å². The topological polar surface area (TPSA) is 71.3 Å². The summed E-state index contributed by atoms with van der Waals surface area (Å²) < 4.78 is 11.6. The van der Waals surface area contributed by atoms with E-state index in [9.17, 15) is 10.1 Å². The molecule has 0 saturated heterocycles. The van der Waals surface area contributed by atoms with Crippen LogP contribution in [0.25, 0.3) is 6.08 Å². The standard InChI is InChI=1S/C31H24Cl2N2O3/c1-21-2-4-23(5-3-21)19-37-28-13-9-26(10-14-28)35-31(36)25(18-34)16-22-6-11-27(12-7-22)38-20-24-8-15-29(32)30(33)17-24/h2-17H,19-20H2,1H3,(H,35,36)/b25-16+. The molecule has 7 heteroatoms. The Labute approximate surface area is 231 Å². The van der Waals surface area contributed by atoms with Crippen LogP contribution in [0.2, 0.25) is 10.0 Å². The van der Waals surface area contributed by atoms with Crippen molar-refractivity contribution in [1.82, 2.24) is 0 Å². The van der Waals surface area contributed by atoms with E-state index in [1.165, 1.54) is 11.6 Å². The summed E-state index contributed by atoms with van der Waals surface area (Å²) in [6.07, 6.45) is 1.52. The second kappa shape index (κ2) is 12.8. The molecule has 0 fully saturated rings. The first-order valence-electron chi connectivity index (χ1n) is 11.8. The van der Waals surface area contributed by atoms with Crippen molar-refractivity contribution >= 4 is 40.9 Å². The lowest BCUT2D eigenvalue weighted by Crippen LogP contribution is -2.13. The van der Waals surface area contributed by atoms with Crippen LogP contribution in [-0.2, 0) is 18.0 Å². The fraction of sp³-hybridized carbons (Fsp3) is 0.0968. The molecule has 5 nitrogen and oxygen atoms in total. The largest absolute Gasteiger partial charge is 0.489 e. The fourth-order valence-corrected chi connectivity index (χ4v) is 3.78. The average molecular weight is 543 g/mol. The molecule has 0 bridgehead atoms. The van der Waals surface area contributed by atoms with Gasteiger partial charge in [0.15, 0.2) is 0 Å². The number of nitrogens with zero attached hydrogens (tertiary/aromatic N) is 1. The van der Waals surface area contributed by atoms with E-state index < -0.39 is 5.91 Å². The van der Waals surface area contributed by atoms with Crippen molar-refractivity contribution in [2.75, 3.05) is 5.32 Å². The van der Waals surface area contributed by atoms with Crippen LogP contribution in [0.15, 0.2) is 96.6 Å². The molecule has 0 heterocycles. The molecule has 0 unspecified atom stereocenters. The Morgan fingerprint density at radius 2 is 1.39 bits per heavy atom. The zero-order valence-electron chi connectivity index (χ0n) is 20.6. The molecule has 0 aromatic heterocycles. The van der Waals surface area contributed by atoms with Crippen molar-refractivity contribution in [3.63, 3.8) is 0 Å². The number of hydrogen-bond acceptors (Lipinski definition) is 4. The number of rotatable bonds is 9. The Morgan fingerprint density at radius 3 is 2.00 bits per heavy atom. The van der Waals surface area contributed by atoms with Crippen LogP contribution in [0.3, 0.4) is 0 Å². The number of carbonyl (C=O) groups is 1. The van der Waals surface area contributed by atoms with Gasteiger partial charge in [-0.15, -0.1) is 0 Å². The van der Waals surface area contributed by atoms with Crippen molar-refractivity contribution < 1.29 is 14.3 Å². The van der Waals surface area contributed by atoms with Crippen molar-refractivity contribution in [1.29, 1.82) is 5.26 Å². The van der Waals surface area contributed by atoms with Gasteiger partial charge in [0.25, 0.3) is 5.91 Å². The predicted octanol–water partition coefficient (Wildman–Crippen LogP) is 8.01. The molecule has 4 aromatic carbocycles. The number of nitriles is 1. The number of nitrogens with one attached hydrogen (secondary N) is 1. The summed E-state index contributed by atoms with van der Waals surface area (Å²) in [5.41, 5.74) is 4.39. The number of halogens is 2. The van der Waals surface area contributed by atoms with Gasteiger partial charge in [0.05, 0.1) is 10.0 Å². The van der Waals surface area contributed by atoms with Crippen molar-refractivity contribution in [2.24, 2.45) is 0 Å². The molecule has 38 heavy (non-hydrogen) atoms. The molecule has 1 amide bonds. The summed E-state index contributed by atoms with van der Waals surface area (Å²) in [7, 11) is 0. The number of amides is 1. The maximum absolute atomic E-state index is 12.7. The van der Waals surface area contributed by atoms with Gasteiger partial charge in [-0.25, -0.2) is 0 Å². The van der Waals surface area contributed by atoms with E-state index >= 15 is 0 Å². The third kappa shape index (κ3) is 7.63. The van der Waals surface area contributed by atoms with Gasteiger partial charge in [-0.1, -0.05) is 71.2 Å². The minimum Gasteiger partial charge on any atom is -0.489 e. The second-order valence-corrected chi connectivity index (χ2v) is 9.34. The fourth-order valence-electron chi connectivity index (χ4n) is 3.46. The SMILES string of the molecule is Cc1ccc(COc2ccc(NC(=O)/C(C#N)=C/c3ccc(OCc4ccc(Cl)c(Cl)c4)cc3)cc2)cc1. The lowest BCUT2D eigenvalue weighted by Gasteiger charge is -2.09. The van der Waals surface area contributed by atoms with Crippen molar-refractivity contribution in [2.45, 2.75) is 20.1 Å². The maximum atomic E-state index is 12.7. The van der Waals surface area contributed by atoms with Gasteiger partial charge in [-0.2, -0.15) is 5.26 Å². The highest BCUT2D eigenvalue weighted by Gasteiger charge is 2.10. The quantitative estimate of drug-likeness (QED) is 0.172. The van der Waals surface area contributed by atoms with E-state index in [4.69, 9.17) is 32.7 Å². The summed E-state index contributed by atoms with van der Waals surface area (Å²) in [4.78, 5) is 12.7. The second-order valence-electron chi connectivity index (χ2n) is 8.53. The summed E-state index contributed by atoms with van der Waals surface area (Å²) in [6, 6.07) is 29.5. The van der Waals surface area contributed by atoms with Gasteiger partial charge in [-0.05, 0) is 78.2 Å². The summed E-state index contributed by atoms with van der Waals surface area (Å²) in [5.74, 6) is 0.822. The summed E-state index contributed by atoms with van der Waals surface area (Å²) in [6.45, 7) is 2.82. The summed E-state index contributed by atoms with van der Waals surface area (Å²) in [5, 5.41) is 13.2. The van der Waals surface area contributed by atoms with Crippen LogP contribution in [0.5, 0.6) is 11.5 Å². The molecule has 0 saturated carbocycles. The smallest absolute Gasteiger partial charge is 0.266 e. The minimum absolute atomic E-state index is 0.0193. The van der Waals surface area contributed by atoms with Gasteiger partial charge in [0.2, 0.25) is 0 Å². The lowest BCUT2D eigenvalue weighted by atomic mass is 10.1. The minimum atomic E-state index is -0.499. The Morgan fingerprint density at radius 1 is 0.816 bits per heavy atom. The van der Waals surface area contributed by atoms with E-state index in [0.717, 1.165) is 11.1 Å². The number of aryl methyl sites for hydroxylation is 1. The van der Waals surface area contributed by atoms with E-state index in [0.29, 0.717) is 46.0 Å². The molecule has 4 rings (SSSR count). The average Bonchev–Trinajstić information content (AvgIpc) is 2.93. The molecule has 1 N–H and O–H groups in total. The number of benzene rings is 4. The van der Waals surface area contributed by atoms with Crippen molar-refractivity contribution in [3.05, 3.63) is 129 Å². The molecular formula is C31H24Cl2N2O3. The van der Waals surface area contributed by atoms with E-state index in [1.807, 2.05) is 43.3 Å². The van der Waals surface area contributed by atoms with Gasteiger partial charge in [-0.3, -0.25) is 4.79 Å². The zero-order chi connectivity index (χ0) is 26.9. The van der Waals surface area contributed by atoms with E-state index in [-0.39, 0.29) is 5.57 Å². The van der Waals surface area contributed by atoms with Gasteiger partial charge in [0.1, 0.15) is 36.4 Å². The Bertz CT molecular complexity index is 1470. The molecule has 4 aromatic rings. The van der Waals surface area contributed by atoms with Gasteiger partial charge >= 0.3 is 0 Å². The van der Waals surface area contributed by atoms with E-state index in [1.54, 1.807) is 60.7 Å². The Balaban J connectivity index is 1.31. The lowest BCUT2D eigenvalue weighted by molar-refractivity contribution is -0.112. The third-order valence-electron chi connectivity index (χ3n) is 5.58. The molecule has 0 aliphatic carbocycles. The van der Waals surface area contributed by atoms with Gasteiger partial charge < -0.3 is 14.8 Å². The Kier molecular flexibility index (Phi) is 9.05. The number of ether oxygens (including phenoxy) is 2. The Hall–Kier alpha value is -4.24. The number of carbonyl (C=O) groups excluding carboxylic acids is 1. The summed E-state index contributed by atoms with van der Waals surface area (Å²) >= 11 is 12.0. The molecule has 0 atom stereocenters. The highest BCUT2D eigenvalue weighted by Crippen LogP contribution is 2.24. The van der Waals surface area contributed by atoms with E-state index in [2.05, 4.69) is 5.32 Å². The third-order valence-corrected chi connectivity index (χ3v) is 6.32. The first-order chi connectivity index (χ1) is 18.4. The number of anilines is 1. The zero-order valence-corrected chi connectivity index (χ0v) is 22.1. The maximum Gasteiger partial charge on any atom is 0.266 e. The molecule has 0 aliphatic heterocycles.